The van der Waals surface area contributed by atoms with E-state index in [-0.39, 0.29) is 0 Å². The van der Waals surface area contributed by atoms with Crippen LogP contribution in [-0.4, -0.2) is 17.0 Å². The van der Waals surface area contributed by atoms with E-state index in [9.17, 15) is 9.59 Å². The molecular weight excluding hydrogens is 496 g/mol. The van der Waals surface area contributed by atoms with Crippen LogP contribution in [-0.2, 0) is 0 Å². The number of nitrogens with one attached hydrogen (secondary N) is 4. The number of rotatable bonds is 4. The number of aryl methyl sites for hydroxylation is 2. The first-order valence-corrected chi connectivity index (χ1v) is 10.7. The quantitative estimate of drug-likeness (QED) is 0.289. The molecular formula is C21H17Cl4N5O2. The van der Waals surface area contributed by atoms with Crippen LogP contribution in [0, 0.1) is 13.8 Å². The Bertz CT molecular complexity index is 1110. The number of benzene rings is 2. The molecule has 3 rings (SSSR count). The van der Waals surface area contributed by atoms with Crippen molar-refractivity contribution in [1.82, 2.24) is 4.98 Å². The Labute approximate surface area is 204 Å². The van der Waals surface area contributed by atoms with Crippen LogP contribution in [0.3, 0.4) is 0 Å². The lowest BCUT2D eigenvalue weighted by molar-refractivity contribution is 0.261. The number of pyridine rings is 1. The summed E-state index contributed by atoms with van der Waals surface area (Å²) in [7, 11) is 0. The van der Waals surface area contributed by atoms with Gasteiger partial charge < -0.3 is 21.3 Å². The van der Waals surface area contributed by atoms with Crippen LogP contribution >= 0.6 is 46.4 Å². The molecule has 0 atom stereocenters. The van der Waals surface area contributed by atoms with E-state index in [1.54, 1.807) is 44.2 Å². The summed E-state index contributed by atoms with van der Waals surface area (Å²) in [4.78, 5) is 29.3. The number of carbonyl (C=O) groups is 2. The third-order valence-corrected chi connectivity index (χ3v) is 5.38. The highest BCUT2D eigenvalue weighted by molar-refractivity contribution is 6.36. The minimum Gasteiger partial charge on any atom is -0.306 e. The van der Waals surface area contributed by atoms with Crippen molar-refractivity contribution in [2.24, 2.45) is 0 Å². The summed E-state index contributed by atoms with van der Waals surface area (Å²) >= 11 is 24.1. The monoisotopic (exact) mass is 511 g/mol. The number of hydrogen-bond donors (Lipinski definition) is 4. The molecule has 0 aliphatic heterocycles. The molecule has 1 aromatic heterocycles. The molecule has 0 saturated heterocycles. The van der Waals surface area contributed by atoms with Crippen molar-refractivity contribution >= 4 is 81.2 Å². The zero-order valence-electron chi connectivity index (χ0n) is 16.8. The van der Waals surface area contributed by atoms with Crippen molar-refractivity contribution in [3.8, 4) is 0 Å². The minimum absolute atomic E-state index is 0.335. The number of aromatic nitrogens is 1. The highest BCUT2D eigenvalue weighted by Crippen LogP contribution is 2.28. The Kier molecular flexibility index (Phi) is 7.69. The third-order valence-electron chi connectivity index (χ3n) is 4.25. The van der Waals surface area contributed by atoms with Gasteiger partial charge in [0.05, 0.1) is 44.2 Å². The molecule has 11 heteroatoms. The van der Waals surface area contributed by atoms with Crippen molar-refractivity contribution in [1.29, 1.82) is 0 Å². The van der Waals surface area contributed by atoms with Crippen LogP contribution in [0.5, 0.6) is 0 Å². The largest absolute Gasteiger partial charge is 0.323 e. The van der Waals surface area contributed by atoms with Gasteiger partial charge in [-0.1, -0.05) is 46.4 Å². The highest BCUT2D eigenvalue weighted by Gasteiger charge is 2.14. The maximum absolute atomic E-state index is 12.4. The predicted molar refractivity (Wildman–Crippen MR) is 132 cm³/mol. The van der Waals surface area contributed by atoms with Gasteiger partial charge in [0.2, 0.25) is 0 Å². The van der Waals surface area contributed by atoms with Crippen LogP contribution in [0.15, 0.2) is 42.5 Å². The van der Waals surface area contributed by atoms with Crippen LogP contribution < -0.4 is 21.3 Å². The molecule has 0 radical (unpaired) electrons. The van der Waals surface area contributed by atoms with Gasteiger partial charge in [-0.15, -0.1) is 0 Å². The second-order valence-electron chi connectivity index (χ2n) is 6.66. The fraction of sp³-hybridized carbons (Fsp3) is 0.0952. The average Bonchev–Trinajstić information content (AvgIpc) is 2.71. The summed E-state index contributed by atoms with van der Waals surface area (Å²) in [6, 6.07) is 9.92. The van der Waals surface area contributed by atoms with Gasteiger partial charge in [-0.25, -0.2) is 9.59 Å². The molecule has 166 valence electrons. The number of anilines is 4. The normalized spacial score (nSPS) is 10.4. The van der Waals surface area contributed by atoms with Crippen molar-refractivity contribution in [3.05, 3.63) is 73.9 Å². The number of hydrogen-bond acceptors (Lipinski definition) is 3. The number of nitrogens with zero attached hydrogens (tertiary/aromatic N) is 1. The number of carbonyl (C=O) groups excluding carboxylic acids is 2. The zero-order valence-corrected chi connectivity index (χ0v) is 19.8. The summed E-state index contributed by atoms with van der Waals surface area (Å²) in [5.41, 5.74) is 2.60. The molecule has 0 unspecified atom stereocenters. The van der Waals surface area contributed by atoms with Gasteiger partial charge in [0, 0.05) is 10.0 Å². The molecule has 0 bridgehead atoms. The first-order valence-electron chi connectivity index (χ1n) is 9.16. The van der Waals surface area contributed by atoms with Crippen LogP contribution in [0.4, 0.5) is 32.3 Å². The van der Waals surface area contributed by atoms with E-state index in [0.717, 1.165) is 0 Å². The fourth-order valence-corrected chi connectivity index (χ4v) is 3.39. The SMILES string of the molecule is Cc1nc(C)c(NC(=O)Nc2cc(Cl)ccc2Cl)cc1NC(=O)Nc1cc(Cl)ccc1Cl. The number of amides is 4. The van der Waals surface area contributed by atoms with Crippen molar-refractivity contribution in [2.45, 2.75) is 13.8 Å². The fourth-order valence-electron chi connectivity index (χ4n) is 2.72. The number of halogens is 4. The molecule has 32 heavy (non-hydrogen) atoms. The van der Waals surface area contributed by atoms with Gasteiger partial charge in [0.25, 0.3) is 0 Å². The van der Waals surface area contributed by atoms with E-state index < -0.39 is 12.1 Å². The van der Waals surface area contributed by atoms with Gasteiger partial charge in [-0.05, 0) is 56.3 Å². The summed E-state index contributed by atoms with van der Waals surface area (Å²) in [5, 5.41) is 12.1. The Morgan fingerprint density at radius 2 is 1.00 bits per heavy atom. The van der Waals surface area contributed by atoms with Crippen molar-refractivity contribution in [2.75, 3.05) is 21.3 Å². The van der Waals surface area contributed by atoms with Crippen molar-refractivity contribution < 1.29 is 9.59 Å². The van der Waals surface area contributed by atoms with Crippen LogP contribution in [0.1, 0.15) is 11.4 Å². The lowest BCUT2D eigenvalue weighted by atomic mass is 10.2. The maximum atomic E-state index is 12.4. The molecule has 0 spiro atoms. The predicted octanol–water partition coefficient (Wildman–Crippen LogP) is 7.60. The van der Waals surface area contributed by atoms with Crippen LogP contribution in [0.2, 0.25) is 20.1 Å². The molecule has 4 amide bonds. The van der Waals surface area contributed by atoms with E-state index in [0.29, 0.717) is 54.2 Å². The molecule has 7 nitrogen and oxygen atoms in total. The second-order valence-corrected chi connectivity index (χ2v) is 8.35. The summed E-state index contributed by atoms with van der Waals surface area (Å²) in [6.45, 7) is 3.45. The molecule has 3 aromatic rings. The Balaban J connectivity index is 1.73. The van der Waals surface area contributed by atoms with Crippen molar-refractivity contribution in [3.63, 3.8) is 0 Å². The lowest BCUT2D eigenvalue weighted by Gasteiger charge is -2.15. The number of urea groups is 2. The van der Waals surface area contributed by atoms with E-state index in [2.05, 4.69) is 26.3 Å². The molecule has 4 N–H and O–H groups in total. The van der Waals surface area contributed by atoms with E-state index >= 15 is 0 Å². The topological polar surface area (TPSA) is 95.2 Å². The van der Waals surface area contributed by atoms with Crippen LogP contribution in [0.25, 0.3) is 0 Å². The highest BCUT2D eigenvalue weighted by atomic mass is 35.5. The summed E-state index contributed by atoms with van der Waals surface area (Å²) < 4.78 is 0. The third kappa shape index (κ3) is 6.17. The first kappa shape index (κ1) is 23.9. The molecule has 0 fully saturated rings. The molecule has 0 aliphatic rings. The smallest absolute Gasteiger partial charge is 0.306 e. The lowest BCUT2D eigenvalue weighted by Crippen LogP contribution is -2.22. The van der Waals surface area contributed by atoms with E-state index in [1.807, 2.05) is 0 Å². The van der Waals surface area contributed by atoms with Gasteiger partial charge >= 0.3 is 12.1 Å². The first-order chi connectivity index (χ1) is 15.1. The van der Waals surface area contributed by atoms with Gasteiger partial charge in [-0.3, -0.25) is 4.98 Å². The van der Waals surface area contributed by atoms with E-state index in [1.165, 1.54) is 12.1 Å². The Morgan fingerprint density at radius 1 is 0.625 bits per heavy atom. The summed E-state index contributed by atoms with van der Waals surface area (Å²) in [6.07, 6.45) is 0. The molecule has 0 aliphatic carbocycles. The van der Waals surface area contributed by atoms with Gasteiger partial charge in [0.15, 0.2) is 0 Å². The second kappa shape index (κ2) is 10.3. The molecule has 1 heterocycles. The Hall–Kier alpha value is -2.71. The molecule has 0 saturated carbocycles. The average molecular weight is 513 g/mol. The summed E-state index contributed by atoms with van der Waals surface area (Å²) in [5.74, 6) is 0. The van der Waals surface area contributed by atoms with Gasteiger partial charge in [0.1, 0.15) is 0 Å². The zero-order chi connectivity index (χ0) is 23.4. The van der Waals surface area contributed by atoms with Gasteiger partial charge in [-0.2, -0.15) is 0 Å². The Morgan fingerprint density at radius 3 is 1.41 bits per heavy atom. The van der Waals surface area contributed by atoms with E-state index in [4.69, 9.17) is 46.4 Å². The minimum atomic E-state index is -0.552. The standard InChI is InChI=1S/C21H17Cl4N5O2/c1-10-16(27-20(31)29-18-7-12(22)3-5-14(18)24)9-17(11(2)26-10)28-21(32)30-19-8-13(23)4-6-15(19)25/h3-9H,1-2H3,(H2,27,29,31)(H2,28,30,32). The molecule has 2 aromatic carbocycles. The maximum Gasteiger partial charge on any atom is 0.323 e.